The fourth-order valence-electron chi connectivity index (χ4n) is 3.12. The Kier molecular flexibility index (Phi) is 3.72. The second kappa shape index (κ2) is 5.53. The van der Waals surface area contributed by atoms with Gasteiger partial charge in [-0.2, -0.15) is 0 Å². The number of rotatable bonds is 3. The van der Waals surface area contributed by atoms with Gasteiger partial charge in [-0.1, -0.05) is 6.07 Å². The average molecular weight is 301 g/mol. The van der Waals surface area contributed by atoms with Gasteiger partial charge in [0.15, 0.2) is 5.78 Å². The summed E-state index contributed by atoms with van der Waals surface area (Å²) in [4.78, 5) is 15.9. The molecule has 3 nitrogen and oxygen atoms in total. The molecule has 2 heterocycles. The number of anilines is 1. The predicted molar refractivity (Wildman–Crippen MR) is 86.8 cm³/mol. The SMILES string of the molecule is COc1cccc(N2CCc3sccc3C2C)c1C(C)=O. The second-order valence-corrected chi connectivity index (χ2v) is 6.33. The van der Waals surface area contributed by atoms with E-state index in [0.29, 0.717) is 11.3 Å². The van der Waals surface area contributed by atoms with Crippen LogP contribution in [-0.2, 0) is 6.42 Å². The lowest BCUT2D eigenvalue weighted by Crippen LogP contribution is -2.34. The van der Waals surface area contributed by atoms with Crippen LogP contribution in [0.1, 0.15) is 40.7 Å². The van der Waals surface area contributed by atoms with Crippen molar-refractivity contribution in [3.63, 3.8) is 0 Å². The van der Waals surface area contributed by atoms with Gasteiger partial charge in [-0.15, -0.1) is 11.3 Å². The van der Waals surface area contributed by atoms with Crippen molar-refractivity contribution in [1.82, 2.24) is 0 Å². The van der Waals surface area contributed by atoms with Crippen molar-refractivity contribution in [2.24, 2.45) is 0 Å². The molecular weight excluding hydrogens is 282 g/mol. The molecule has 110 valence electrons. The molecule has 0 bridgehead atoms. The number of methoxy groups -OCH3 is 1. The van der Waals surface area contributed by atoms with Gasteiger partial charge in [0.2, 0.25) is 0 Å². The topological polar surface area (TPSA) is 29.5 Å². The molecular formula is C17H19NO2S. The summed E-state index contributed by atoms with van der Waals surface area (Å²) in [5, 5.41) is 2.15. The van der Waals surface area contributed by atoms with Gasteiger partial charge in [-0.05, 0) is 49.4 Å². The third-order valence-electron chi connectivity index (χ3n) is 4.16. The van der Waals surface area contributed by atoms with Crippen LogP contribution in [0.4, 0.5) is 5.69 Å². The molecule has 0 aliphatic carbocycles. The Morgan fingerprint density at radius 3 is 2.90 bits per heavy atom. The molecule has 0 amide bonds. The van der Waals surface area contributed by atoms with Crippen molar-refractivity contribution in [1.29, 1.82) is 0 Å². The molecule has 0 saturated heterocycles. The molecule has 1 atom stereocenters. The number of carbonyl (C=O) groups is 1. The minimum Gasteiger partial charge on any atom is -0.496 e. The van der Waals surface area contributed by atoms with E-state index < -0.39 is 0 Å². The van der Waals surface area contributed by atoms with Crippen LogP contribution in [0.2, 0.25) is 0 Å². The van der Waals surface area contributed by atoms with E-state index >= 15 is 0 Å². The van der Waals surface area contributed by atoms with Gasteiger partial charge >= 0.3 is 0 Å². The van der Waals surface area contributed by atoms with E-state index in [0.717, 1.165) is 18.7 Å². The van der Waals surface area contributed by atoms with Gasteiger partial charge in [0.25, 0.3) is 0 Å². The summed E-state index contributed by atoms with van der Waals surface area (Å²) in [6.45, 7) is 4.74. The molecule has 2 aromatic rings. The zero-order valence-electron chi connectivity index (χ0n) is 12.6. The summed E-state index contributed by atoms with van der Waals surface area (Å²) in [6.07, 6.45) is 1.03. The molecule has 1 aliphatic rings. The maximum Gasteiger partial charge on any atom is 0.165 e. The van der Waals surface area contributed by atoms with Crippen molar-refractivity contribution in [3.8, 4) is 5.75 Å². The molecule has 21 heavy (non-hydrogen) atoms. The van der Waals surface area contributed by atoms with E-state index in [4.69, 9.17) is 4.74 Å². The van der Waals surface area contributed by atoms with E-state index in [2.05, 4.69) is 23.3 Å². The second-order valence-electron chi connectivity index (χ2n) is 5.33. The molecule has 0 fully saturated rings. The lowest BCUT2D eigenvalue weighted by atomic mass is 9.98. The predicted octanol–water partition coefficient (Wildman–Crippen LogP) is 4.08. The summed E-state index contributed by atoms with van der Waals surface area (Å²) >= 11 is 1.83. The number of thiophene rings is 1. The zero-order valence-corrected chi connectivity index (χ0v) is 13.4. The number of ether oxygens (including phenoxy) is 1. The highest BCUT2D eigenvalue weighted by atomic mass is 32.1. The molecule has 4 heteroatoms. The first kappa shape index (κ1) is 14.1. The van der Waals surface area contributed by atoms with Crippen LogP contribution < -0.4 is 9.64 Å². The first-order chi connectivity index (χ1) is 10.1. The van der Waals surface area contributed by atoms with Crippen molar-refractivity contribution < 1.29 is 9.53 Å². The number of Topliss-reactive ketones (excluding diaryl/α,β-unsaturated/α-hetero) is 1. The number of benzene rings is 1. The van der Waals surface area contributed by atoms with Gasteiger partial charge in [0.05, 0.1) is 24.4 Å². The van der Waals surface area contributed by atoms with Crippen LogP contribution in [0.15, 0.2) is 29.6 Å². The Morgan fingerprint density at radius 1 is 1.38 bits per heavy atom. The monoisotopic (exact) mass is 301 g/mol. The third kappa shape index (κ3) is 2.33. The standard InChI is InChI=1S/C17H19NO2S/c1-11-13-8-10-21-16(13)7-9-18(11)14-5-4-6-15(20-3)17(14)12(2)19/h4-6,8,10-11H,7,9H2,1-3H3. The van der Waals surface area contributed by atoms with E-state index in [1.165, 1.54) is 10.4 Å². The van der Waals surface area contributed by atoms with E-state index in [1.54, 1.807) is 14.0 Å². The van der Waals surface area contributed by atoms with E-state index in [9.17, 15) is 4.79 Å². The molecule has 1 aromatic heterocycles. The number of nitrogens with zero attached hydrogens (tertiary/aromatic N) is 1. The van der Waals surface area contributed by atoms with Crippen LogP contribution in [0.5, 0.6) is 5.75 Å². The minimum atomic E-state index is 0.0470. The normalized spacial score (nSPS) is 17.5. The van der Waals surface area contributed by atoms with Crippen LogP contribution in [0, 0.1) is 0 Å². The Labute approximate surface area is 129 Å². The van der Waals surface area contributed by atoms with E-state index in [-0.39, 0.29) is 11.8 Å². The van der Waals surface area contributed by atoms with Crippen LogP contribution in [-0.4, -0.2) is 19.4 Å². The number of hydrogen-bond acceptors (Lipinski definition) is 4. The number of hydrogen-bond donors (Lipinski definition) is 0. The van der Waals surface area contributed by atoms with Crippen LogP contribution in [0.3, 0.4) is 0 Å². The summed E-state index contributed by atoms with van der Waals surface area (Å²) < 4.78 is 5.38. The number of fused-ring (bicyclic) bond motifs is 1. The van der Waals surface area contributed by atoms with Crippen molar-refractivity contribution in [2.45, 2.75) is 26.3 Å². The molecule has 0 N–H and O–H groups in total. The molecule has 0 radical (unpaired) electrons. The molecule has 1 aromatic carbocycles. The molecule has 0 spiro atoms. The molecule has 3 rings (SSSR count). The lowest BCUT2D eigenvalue weighted by Gasteiger charge is -2.36. The fourth-order valence-corrected chi connectivity index (χ4v) is 4.08. The Bertz CT molecular complexity index is 677. The summed E-state index contributed by atoms with van der Waals surface area (Å²) in [5.41, 5.74) is 3.04. The highest BCUT2D eigenvalue weighted by Gasteiger charge is 2.28. The smallest absolute Gasteiger partial charge is 0.165 e. The lowest BCUT2D eigenvalue weighted by molar-refractivity contribution is 0.101. The van der Waals surface area contributed by atoms with Gasteiger partial charge in [0.1, 0.15) is 5.75 Å². The molecule has 1 unspecified atom stereocenters. The highest BCUT2D eigenvalue weighted by molar-refractivity contribution is 7.10. The first-order valence-electron chi connectivity index (χ1n) is 7.14. The first-order valence-corrected chi connectivity index (χ1v) is 8.02. The Hall–Kier alpha value is -1.81. The summed E-state index contributed by atoms with van der Waals surface area (Å²) in [6, 6.07) is 8.31. The molecule has 0 saturated carbocycles. The quantitative estimate of drug-likeness (QED) is 0.800. The van der Waals surface area contributed by atoms with Crippen LogP contribution >= 0.6 is 11.3 Å². The van der Waals surface area contributed by atoms with Gasteiger partial charge < -0.3 is 9.64 Å². The summed E-state index contributed by atoms with van der Waals surface area (Å²) in [7, 11) is 1.61. The van der Waals surface area contributed by atoms with E-state index in [1.807, 2.05) is 29.5 Å². The van der Waals surface area contributed by atoms with Gasteiger partial charge in [-0.3, -0.25) is 4.79 Å². The Balaban J connectivity index is 2.08. The third-order valence-corrected chi connectivity index (χ3v) is 5.16. The van der Waals surface area contributed by atoms with Crippen molar-refractivity contribution >= 4 is 22.8 Å². The average Bonchev–Trinajstić information content (AvgIpc) is 2.96. The number of carbonyl (C=O) groups excluding carboxylic acids is 1. The number of ketones is 1. The minimum absolute atomic E-state index is 0.0470. The summed E-state index contributed by atoms with van der Waals surface area (Å²) in [5.74, 6) is 0.703. The van der Waals surface area contributed by atoms with Crippen LogP contribution in [0.25, 0.3) is 0 Å². The van der Waals surface area contributed by atoms with Crippen molar-refractivity contribution in [2.75, 3.05) is 18.6 Å². The van der Waals surface area contributed by atoms with Gasteiger partial charge in [0, 0.05) is 11.4 Å². The zero-order chi connectivity index (χ0) is 15.0. The Morgan fingerprint density at radius 2 is 2.19 bits per heavy atom. The maximum absolute atomic E-state index is 12.1. The highest BCUT2D eigenvalue weighted by Crippen LogP contribution is 2.39. The molecule has 1 aliphatic heterocycles. The largest absolute Gasteiger partial charge is 0.496 e. The van der Waals surface area contributed by atoms with Crippen molar-refractivity contribution in [3.05, 3.63) is 45.6 Å². The fraction of sp³-hybridized carbons (Fsp3) is 0.353. The maximum atomic E-state index is 12.1. The van der Waals surface area contributed by atoms with Gasteiger partial charge in [-0.25, -0.2) is 0 Å².